The van der Waals surface area contributed by atoms with Crippen LogP contribution in [0, 0.1) is 0 Å². The number of carbonyl (C=O) groups excluding carboxylic acids is 2. The number of nitrogens with one attached hydrogen (secondary N) is 1. The van der Waals surface area contributed by atoms with Crippen LogP contribution in [0.4, 0.5) is 5.82 Å². The van der Waals surface area contributed by atoms with E-state index >= 15 is 0 Å². The first-order chi connectivity index (χ1) is 13.7. The number of nitrogens with zero attached hydrogens (tertiary/aromatic N) is 3. The fraction of sp³-hybridized carbons (Fsp3) is 0.333. The van der Waals surface area contributed by atoms with Gasteiger partial charge < -0.3 is 10.2 Å². The van der Waals surface area contributed by atoms with Gasteiger partial charge in [0.25, 0.3) is 0 Å². The van der Waals surface area contributed by atoms with Gasteiger partial charge in [0.2, 0.25) is 11.8 Å². The third kappa shape index (κ3) is 4.54. The van der Waals surface area contributed by atoms with E-state index in [9.17, 15) is 9.59 Å². The van der Waals surface area contributed by atoms with E-state index in [4.69, 9.17) is 0 Å². The number of anilines is 1. The molecule has 0 radical (unpaired) electrons. The van der Waals surface area contributed by atoms with Crippen LogP contribution in [0.5, 0.6) is 0 Å². The van der Waals surface area contributed by atoms with E-state index < -0.39 is 0 Å². The Morgan fingerprint density at radius 1 is 1.18 bits per heavy atom. The normalized spacial score (nSPS) is 17.2. The molecule has 1 fully saturated rings. The summed E-state index contributed by atoms with van der Waals surface area (Å²) >= 11 is 1.59. The van der Waals surface area contributed by atoms with Crippen LogP contribution in [0.15, 0.2) is 34.8 Å². The number of aromatic nitrogens is 2. The molecule has 2 amide bonds. The highest BCUT2D eigenvalue weighted by Crippen LogP contribution is 2.22. The van der Waals surface area contributed by atoms with Crippen molar-refractivity contribution in [3.8, 4) is 0 Å². The van der Waals surface area contributed by atoms with E-state index in [0.29, 0.717) is 12.2 Å². The van der Waals surface area contributed by atoms with Gasteiger partial charge in [0.15, 0.2) is 0 Å². The first-order valence-corrected chi connectivity index (χ1v) is 10.4. The lowest BCUT2D eigenvalue weighted by Crippen LogP contribution is -2.35. The number of amides is 2. The maximum atomic E-state index is 12.5. The molecule has 0 aromatic carbocycles. The standard InChI is InChI=1S/C21H22N4O2S/c26-19-3-1-2-17-10-16(12-22-21(17)24-19)4-5-20(27)25-8-6-15(7-9-25)11-18-13-28-14-23-18/h4-5,10-14H,1-3,6-9H2,(H,22,24,26)/b5-4+. The Balaban J connectivity index is 1.36. The number of hydrogen-bond acceptors (Lipinski definition) is 5. The molecular formula is C21H22N4O2S. The lowest BCUT2D eigenvalue weighted by molar-refractivity contribution is -0.126. The average molecular weight is 395 g/mol. The van der Waals surface area contributed by atoms with Crippen LogP contribution in [0.2, 0.25) is 0 Å². The Kier molecular flexibility index (Phi) is 5.62. The second-order valence-electron chi connectivity index (χ2n) is 7.05. The van der Waals surface area contributed by atoms with Gasteiger partial charge in [0, 0.05) is 37.2 Å². The van der Waals surface area contributed by atoms with Crippen molar-refractivity contribution in [1.29, 1.82) is 0 Å². The number of thiazole rings is 1. The van der Waals surface area contributed by atoms with Crippen LogP contribution in [-0.4, -0.2) is 39.8 Å². The Hall–Kier alpha value is -2.80. The van der Waals surface area contributed by atoms with Crippen LogP contribution < -0.4 is 5.32 Å². The molecule has 144 valence electrons. The van der Waals surface area contributed by atoms with Gasteiger partial charge >= 0.3 is 0 Å². The fourth-order valence-electron chi connectivity index (χ4n) is 3.49. The molecule has 1 N–H and O–H groups in total. The summed E-state index contributed by atoms with van der Waals surface area (Å²) in [5, 5.41) is 4.86. The van der Waals surface area contributed by atoms with Gasteiger partial charge in [-0.15, -0.1) is 11.3 Å². The molecular weight excluding hydrogens is 372 g/mol. The highest BCUT2D eigenvalue weighted by Gasteiger charge is 2.18. The number of piperidine rings is 1. The molecule has 2 aliphatic rings. The first-order valence-electron chi connectivity index (χ1n) is 9.51. The van der Waals surface area contributed by atoms with E-state index in [2.05, 4.69) is 21.4 Å². The lowest BCUT2D eigenvalue weighted by Gasteiger charge is -2.27. The fourth-order valence-corrected chi connectivity index (χ4v) is 4.00. The number of hydrogen-bond donors (Lipinski definition) is 1. The van der Waals surface area contributed by atoms with Crippen molar-refractivity contribution in [3.05, 3.63) is 51.6 Å². The zero-order chi connectivity index (χ0) is 19.3. The van der Waals surface area contributed by atoms with Crippen molar-refractivity contribution < 1.29 is 9.59 Å². The Labute approximate surface area is 168 Å². The highest BCUT2D eigenvalue weighted by atomic mass is 32.1. The first kappa shape index (κ1) is 18.6. The summed E-state index contributed by atoms with van der Waals surface area (Å²) in [7, 11) is 0. The molecule has 7 heteroatoms. The Morgan fingerprint density at radius 2 is 2.04 bits per heavy atom. The summed E-state index contributed by atoms with van der Waals surface area (Å²) in [6.07, 6.45) is 11.2. The largest absolute Gasteiger partial charge is 0.339 e. The number of pyridine rings is 1. The van der Waals surface area contributed by atoms with Gasteiger partial charge in [-0.3, -0.25) is 9.59 Å². The molecule has 1 saturated heterocycles. The van der Waals surface area contributed by atoms with Crippen molar-refractivity contribution in [2.75, 3.05) is 18.4 Å². The smallest absolute Gasteiger partial charge is 0.246 e. The minimum atomic E-state index is 0.0121. The Bertz CT molecular complexity index is 924. The van der Waals surface area contributed by atoms with Crippen molar-refractivity contribution in [3.63, 3.8) is 0 Å². The molecule has 4 heterocycles. The Morgan fingerprint density at radius 3 is 2.82 bits per heavy atom. The summed E-state index contributed by atoms with van der Waals surface area (Å²) in [6.45, 7) is 1.46. The summed E-state index contributed by atoms with van der Waals surface area (Å²) in [5.74, 6) is 0.676. The van der Waals surface area contributed by atoms with Crippen LogP contribution in [0.3, 0.4) is 0 Å². The van der Waals surface area contributed by atoms with Crippen molar-refractivity contribution in [2.24, 2.45) is 0 Å². The number of rotatable bonds is 3. The molecule has 4 rings (SSSR count). The van der Waals surface area contributed by atoms with E-state index in [1.807, 2.05) is 27.9 Å². The predicted octanol–water partition coefficient (Wildman–Crippen LogP) is 3.53. The monoisotopic (exact) mass is 394 g/mol. The van der Waals surface area contributed by atoms with Crippen molar-refractivity contribution in [1.82, 2.24) is 14.9 Å². The van der Waals surface area contributed by atoms with Gasteiger partial charge in [-0.2, -0.15) is 0 Å². The lowest BCUT2D eigenvalue weighted by atomic mass is 10.0. The SMILES string of the molecule is O=C1CCCc2cc(/C=C/C(=O)N3CCC(=Cc4cscn4)CC3)cnc2N1. The van der Waals surface area contributed by atoms with Crippen molar-refractivity contribution in [2.45, 2.75) is 32.1 Å². The topological polar surface area (TPSA) is 75.2 Å². The number of carbonyl (C=O) groups is 2. The summed E-state index contributed by atoms with van der Waals surface area (Å²) in [6, 6.07) is 2.00. The molecule has 0 bridgehead atoms. The third-order valence-corrected chi connectivity index (χ3v) is 5.64. The second-order valence-corrected chi connectivity index (χ2v) is 7.77. The van der Waals surface area contributed by atoms with E-state index in [-0.39, 0.29) is 11.8 Å². The number of likely N-dealkylation sites (tertiary alicyclic amines) is 1. The second kappa shape index (κ2) is 8.48. The van der Waals surface area contributed by atoms with Crippen LogP contribution in [0.1, 0.15) is 42.5 Å². The predicted molar refractivity (Wildman–Crippen MR) is 111 cm³/mol. The quantitative estimate of drug-likeness (QED) is 0.808. The van der Waals surface area contributed by atoms with Crippen LogP contribution in [0.25, 0.3) is 12.2 Å². The molecule has 0 unspecified atom stereocenters. The minimum Gasteiger partial charge on any atom is -0.339 e. The molecule has 6 nitrogen and oxygen atoms in total. The summed E-state index contributed by atoms with van der Waals surface area (Å²) in [5.41, 5.74) is 6.09. The van der Waals surface area contributed by atoms with Gasteiger partial charge in [-0.1, -0.05) is 5.57 Å². The van der Waals surface area contributed by atoms with Gasteiger partial charge in [0.1, 0.15) is 5.82 Å². The van der Waals surface area contributed by atoms with Crippen LogP contribution in [-0.2, 0) is 16.0 Å². The molecule has 2 aromatic rings. The number of aryl methyl sites for hydroxylation is 1. The third-order valence-electron chi connectivity index (χ3n) is 5.03. The summed E-state index contributed by atoms with van der Waals surface area (Å²) in [4.78, 5) is 34.6. The van der Waals surface area contributed by atoms with Crippen LogP contribution >= 0.6 is 11.3 Å². The van der Waals surface area contributed by atoms with Crippen molar-refractivity contribution >= 4 is 41.1 Å². The van der Waals surface area contributed by atoms with Gasteiger partial charge in [0.05, 0.1) is 11.2 Å². The van der Waals surface area contributed by atoms with Gasteiger partial charge in [-0.25, -0.2) is 9.97 Å². The molecule has 0 spiro atoms. The van der Waals surface area contributed by atoms with E-state index in [1.165, 1.54) is 5.57 Å². The zero-order valence-electron chi connectivity index (χ0n) is 15.6. The van der Waals surface area contributed by atoms with Gasteiger partial charge in [-0.05, 0) is 55.0 Å². The molecule has 2 aliphatic heterocycles. The molecule has 0 saturated carbocycles. The molecule has 2 aromatic heterocycles. The summed E-state index contributed by atoms with van der Waals surface area (Å²) < 4.78 is 0. The maximum absolute atomic E-state index is 12.5. The molecule has 0 aliphatic carbocycles. The van der Waals surface area contributed by atoms with E-state index in [1.54, 1.807) is 23.6 Å². The maximum Gasteiger partial charge on any atom is 0.246 e. The van der Waals surface area contributed by atoms with E-state index in [0.717, 1.165) is 55.6 Å². The zero-order valence-corrected chi connectivity index (χ0v) is 16.4. The average Bonchev–Trinajstić information content (AvgIpc) is 3.14. The number of fused-ring (bicyclic) bond motifs is 1. The molecule has 28 heavy (non-hydrogen) atoms. The minimum absolute atomic E-state index is 0.0121. The molecule has 0 atom stereocenters. The highest BCUT2D eigenvalue weighted by molar-refractivity contribution is 7.07.